The molecule has 0 saturated carbocycles. The number of hydrogen-bond donors (Lipinski definition) is 1. The molecule has 3 aromatic carbocycles. The predicted octanol–water partition coefficient (Wildman–Crippen LogP) is 6.00. The first-order valence-electron chi connectivity index (χ1n) is 10.7. The van der Waals surface area contributed by atoms with Gasteiger partial charge in [0, 0.05) is 16.8 Å². The van der Waals surface area contributed by atoms with Gasteiger partial charge in [-0.2, -0.15) is 0 Å². The van der Waals surface area contributed by atoms with Crippen molar-refractivity contribution in [3.05, 3.63) is 94.0 Å². The highest BCUT2D eigenvalue weighted by Crippen LogP contribution is 2.31. The molecular weight excluding hydrogens is 436 g/mol. The molecule has 0 saturated heterocycles. The van der Waals surface area contributed by atoms with E-state index in [0.717, 1.165) is 29.0 Å². The fourth-order valence-corrected chi connectivity index (χ4v) is 4.23. The molecule has 1 aliphatic heterocycles. The number of fused-ring (bicyclic) bond motifs is 1. The molecule has 0 fully saturated rings. The van der Waals surface area contributed by atoms with Crippen molar-refractivity contribution in [3.63, 3.8) is 0 Å². The second-order valence-electron chi connectivity index (χ2n) is 8.68. The van der Waals surface area contributed by atoms with E-state index in [1.165, 1.54) is 0 Å². The Morgan fingerprint density at radius 2 is 1.79 bits per heavy atom. The minimum Gasteiger partial charge on any atom is -0.497 e. The molecule has 168 valence electrons. The Bertz CT molecular complexity index is 1250. The monoisotopic (exact) mass is 460 g/mol. The summed E-state index contributed by atoms with van der Waals surface area (Å²) in [7, 11) is 1.63. The molecule has 0 aliphatic carbocycles. The van der Waals surface area contributed by atoms with Gasteiger partial charge >= 0.3 is 0 Å². The molecule has 1 aliphatic rings. The van der Waals surface area contributed by atoms with E-state index in [1.54, 1.807) is 55.6 Å². The maximum atomic E-state index is 13.1. The second kappa shape index (κ2) is 9.20. The smallest absolute Gasteiger partial charge is 0.257 e. The van der Waals surface area contributed by atoms with E-state index < -0.39 is 0 Å². The first-order chi connectivity index (χ1) is 15.8. The molecule has 0 atom stereocenters. The van der Waals surface area contributed by atoms with Gasteiger partial charge in [0.05, 0.1) is 35.4 Å². The zero-order chi connectivity index (χ0) is 23.6. The van der Waals surface area contributed by atoms with Crippen molar-refractivity contribution in [1.82, 2.24) is 0 Å². The van der Waals surface area contributed by atoms with Crippen molar-refractivity contribution in [3.8, 4) is 5.75 Å². The lowest BCUT2D eigenvalue weighted by Crippen LogP contribution is -2.30. The van der Waals surface area contributed by atoms with Crippen molar-refractivity contribution >= 4 is 34.7 Å². The predicted molar refractivity (Wildman–Crippen MR) is 132 cm³/mol. The number of Topliss-reactive ketones (excluding diaryl/α,β-unsaturated/α-hetero) is 1. The summed E-state index contributed by atoms with van der Waals surface area (Å²) in [5, 5.41) is 3.19. The van der Waals surface area contributed by atoms with E-state index in [2.05, 4.69) is 19.2 Å². The van der Waals surface area contributed by atoms with E-state index in [-0.39, 0.29) is 23.7 Å². The van der Waals surface area contributed by atoms with E-state index in [4.69, 9.17) is 21.3 Å². The SMILES string of the molecule is COc1ccc2c(c1)C(CC(=O)c1ccc(NC(=O)c3ccccc3Cl)cc1)=NC(C)(C)C2. The highest BCUT2D eigenvalue weighted by Gasteiger charge is 2.28. The summed E-state index contributed by atoms with van der Waals surface area (Å²) < 4.78 is 5.37. The van der Waals surface area contributed by atoms with Gasteiger partial charge in [-0.05, 0) is 74.4 Å². The van der Waals surface area contributed by atoms with Crippen molar-refractivity contribution < 1.29 is 14.3 Å². The third-order valence-corrected chi connectivity index (χ3v) is 5.93. The molecule has 1 heterocycles. The Kier molecular flexibility index (Phi) is 6.34. The van der Waals surface area contributed by atoms with Gasteiger partial charge in [0.2, 0.25) is 0 Å². The molecule has 0 unspecified atom stereocenters. The van der Waals surface area contributed by atoms with Crippen LogP contribution < -0.4 is 10.1 Å². The Labute approximate surface area is 198 Å². The molecule has 6 heteroatoms. The maximum absolute atomic E-state index is 13.1. The van der Waals surface area contributed by atoms with Crippen LogP contribution in [0.1, 0.15) is 52.1 Å². The number of carbonyl (C=O) groups is 2. The molecule has 5 nitrogen and oxygen atoms in total. The molecule has 0 bridgehead atoms. The van der Waals surface area contributed by atoms with Crippen molar-refractivity contribution in [2.45, 2.75) is 32.2 Å². The number of carbonyl (C=O) groups excluding carboxylic acids is 2. The minimum atomic E-state index is -0.302. The average molecular weight is 461 g/mol. The van der Waals surface area contributed by atoms with Crippen LogP contribution in [0.15, 0.2) is 71.7 Å². The van der Waals surface area contributed by atoms with E-state index in [0.29, 0.717) is 21.8 Å². The van der Waals surface area contributed by atoms with Crippen LogP contribution in [0.2, 0.25) is 5.02 Å². The van der Waals surface area contributed by atoms with Gasteiger partial charge in [-0.3, -0.25) is 14.6 Å². The van der Waals surface area contributed by atoms with Gasteiger partial charge < -0.3 is 10.1 Å². The number of ketones is 1. The first-order valence-corrected chi connectivity index (χ1v) is 11.1. The van der Waals surface area contributed by atoms with Gasteiger partial charge in [-0.15, -0.1) is 0 Å². The van der Waals surface area contributed by atoms with Crippen LogP contribution in [-0.4, -0.2) is 30.1 Å². The third kappa shape index (κ3) is 5.15. The highest BCUT2D eigenvalue weighted by atomic mass is 35.5. The zero-order valence-corrected chi connectivity index (χ0v) is 19.6. The lowest BCUT2D eigenvalue weighted by atomic mass is 9.85. The number of amides is 1. The van der Waals surface area contributed by atoms with Crippen LogP contribution in [0.4, 0.5) is 5.69 Å². The topological polar surface area (TPSA) is 67.8 Å². The minimum absolute atomic E-state index is 0.0378. The number of methoxy groups -OCH3 is 1. The summed E-state index contributed by atoms with van der Waals surface area (Å²) in [5.74, 6) is 0.403. The first kappa shape index (κ1) is 22.7. The van der Waals surface area contributed by atoms with Gasteiger partial charge in [0.15, 0.2) is 5.78 Å². The summed E-state index contributed by atoms with van der Waals surface area (Å²) in [6.45, 7) is 4.14. The Morgan fingerprint density at radius 3 is 2.48 bits per heavy atom. The molecular formula is C27H25ClN2O3. The Balaban J connectivity index is 1.50. The summed E-state index contributed by atoms with van der Waals surface area (Å²) in [5.41, 5.74) is 4.16. The number of rotatable bonds is 6. The van der Waals surface area contributed by atoms with Gasteiger partial charge in [-0.25, -0.2) is 0 Å². The molecule has 4 rings (SSSR count). The summed E-state index contributed by atoms with van der Waals surface area (Å²) >= 11 is 6.10. The van der Waals surface area contributed by atoms with E-state index >= 15 is 0 Å². The second-order valence-corrected chi connectivity index (χ2v) is 9.09. The molecule has 1 N–H and O–H groups in total. The van der Waals surface area contributed by atoms with Crippen LogP contribution in [-0.2, 0) is 6.42 Å². The highest BCUT2D eigenvalue weighted by molar-refractivity contribution is 6.34. The summed E-state index contributed by atoms with van der Waals surface area (Å²) in [6.07, 6.45) is 0.999. The van der Waals surface area contributed by atoms with E-state index in [1.807, 2.05) is 18.2 Å². The number of anilines is 1. The number of halogens is 1. The quantitative estimate of drug-likeness (QED) is 0.459. The fraction of sp³-hybridized carbons (Fsp3) is 0.222. The van der Waals surface area contributed by atoms with Gasteiger partial charge in [0.1, 0.15) is 5.75 Å². The van der Waals surface area contributed by atoms with Gasteiger partial charge in [0.25, 0.3) is 5.91 Å². The van der Waals surface area contributed by atoms with Crippen LogP contribution in [0.25, 0.3) is 0 Å². The van der Waals surface area contributed by atoms with Crippen molar-refractivity contribution in [2.24, 2.45) is 4.99 Å². The molecule has 0 aromatic heterocycles. The van der Waals surface area contributed by atoms with Crippen LogP contribution in [0.5, 0.6) is 5.75 Å². The zero-order valence-electron chi connectivity index (χ0n) is 18.8. The number of benzene rings is 3. The number of hydrogen-bond acceptors (Lipinski definition) is 4. The van der Waals surface area contributed by atoms with E-state index in [9.17, 15) is 9.59 Å². The molecule has 0 spiro atoms. The van der Waals surface area contributed by atoms with Crippen LogP contribution in [0.3, 0.4) is 0 Å². The number of aliphatic imine (C=N–C) groups is 1. The van der Waals surface area contributed by atoms with Crippen LogP contribution in [0, 0.1) is 0 Å². The van der Waals surface area contributed by atoms with Crippen molar-refractivity contribution in [2.75, 3.05) is 12.4 Å². The largest absolute Gasteiger partial charge is 0.497 e. The molecule has 33 heavy (non-hydrogen) atoms. The maximum Gasteiger partial charge on any atom is 0.257 e. The van der Waals surface area contributed by atoms with Crippen LogP contribution >= 0.6 is 11.6 Å². The molecule has 3 aromatic rings. The average Bonchev–Trinajstić information content (AvgIpc) is 2.79. The molecule has 1 amide bonds. The normalized spacial score (nSPS) is 14.1. The number of nitrogens with zero attached hydrogens (tertiary/aromatic N) is 1. The van der Waals surface area contributed by atoms with Gasteiger partial charge in [-0.1, -0.05) is 29.8 Å². The lowest BCUT2D eigenvalue weighted by molar-refractivity contribution is 0.0998. The number of nitrogens with one attached hydrogen (secondary N) is 1. The summed E-state index contributed by atoms with van der Waals surface area (Å²) in [4.78, 5) is 30.4. The summed E-state index contributed by atoms with van der Waals surface area (Å²) in [6, 6.07) is 19.6. The lowest BCUT2D eigenvalue weighted by Gasteiger charge is -2.29. The molecule has 0 radical (unpaired) electrons. The number of ether oxygens (including phenoxy) is 1. The third-order valence-electron chi connectivity index (χ3n) is 5.60. The fourth-order valence-electron chi connectivity index (χ4n) is 4.01. The Morgan fingerprint density at radius 1 is 1.06 bits per heavy atom. The van der Waals surface area contributed by atoms with Crippen molar-refractivity contribution in [1.29, 1.82) is 0 Å². The standard InChI is InChI=1S/C27H25ClN2O3/c1-27(2)16-18-10-13-20(33-3)14-22(18)24(30-27)15-25(31)17-8-11-19(12-9-17)29-26(32)21-6-4-5-7-23(21)28/h4-14H,15-16H2,1-3H3,(H,29,32). The Hall–Kier alpha value is -3.44.